The lowest BCUT2D eigenvalue weighted by Crippen LogP contribution is -2.68. The smallest absolute Gasteiger partial charge is 0.227 e. The fourth-order valence-corrected chi connectivity index (χ4v) is 4.84. The number of carbonyl (C=O) groups excluding carboxylic acids is 1. The first-order chi connectivity index (χ1) is 17.9. The van der Waals surface area contributed by atoms with Gasteiger partial charge in [-0.1, -0.05) is 61.9 Å². The summed E-state index contributed by atoms with van der Waals surface area (Å²) in [5, 5.41) is 2.61. The van der Waals surface area contributed by atoms with E-state index in [4.69, 9.17) is 18.6 Å². The third-order valence-electron chi connectivity index (χ3n) is 6.46. The number of hydrogen-bond donors (Lipinski definition) is 0. The lowest BCUT2D eigenvalue weighted by Gasteiger charge is -2.17. The van der Waals surface area contributed by atoms with Crippen molar-refractivity contribution in [1.82, 2.24) is 0 Å². The van der Waals surface area contributed by atoms with E-state index in [1.165, 1.54) is 27.7 Å². The maximum Gasteiger partial charge on any atom is 0.227 e. The average molecular weight is 537 g/mol. The number of benzene rings is 3. The van der Waals surface area contributed by atoms with Crippen LogP contribution in [0.5, 0.6) is 0 Å². The highest BCUT2D eigenvalue weighted by Gasteiger charge is 2.45. The van der Waals surface area contributed by atoms with E-state index in [2.05, 4.69) is 73.9 Å². The summed E-state index contributed by atoms with van der Waals surface area (Å²) in [6.45, 7) is 9.46. The zero-order valence-electron chi connectivity index (χ0n) is 22.1. The molecule has 3 aromatic carbocycles. The Kier molecular flexibility index (Phi) is 9.60. The van der Waals surface area contributed by atoms with Gasteiger partial charge in [0.15, 0.2) is 5.71 Å². The molecule has 0 fully saturated rings. The fraction of sp³-hybridized carbons (Fsp3) is 0.267. The van der Waals surface area contributed by atoms with Gasteiger partial charge in [0.2, 0.25) is 11.6 Å². The second kappa shape index (κ2) is 12.5. The number of unbranched alkanes of at least 4 members (excludes halogenated alkanes) is 1. The predicted molar refractivity (Wildman–Crippen MR) is 140 cm³/mol. The normalized spacial score (nSPS) is 14.6. The molecule has 3 aromatic rings. The second-order valence-corrected chi connectivity index (χ2v) is 10.3. The SMILES string of the molecule is CCCC[N+]1=C(/C=C/C=C/N(C(C)=O)c2ccccc2)C(C)(C)c2c1ccc1ccccc21.[O-][Cl+3]([O-])([O-])[O-]. The van der Waals surface area contributed by atoms with Crippen LogP contribution in [0, 0.1) is 10.2 Å². The van der Waals surface area contributed by atoms with Crippen LogP contribution in [0.4, 0.5) is 11.4 Å². The van der Waals surface area contributed by atoms with Crippen molar-refractivity contribution in [2.24, 2.45) is 0 Å². The number of anilines is 1. The van der Waals surface area contributed by atoms with Crippen molar-refractivity contribution >= 4 is 33.8 Å². The quantitative estimate of drug-likeness (QED) is 0.339. The topological polar surface area (TPSA) is 116 Å². The van der Waals surface area contributed by atoms with Crippen LogP contribution in [0.3, 0.4) is 0 Å². The molecular weight excluding hydrogens is 504 g/mol. The van der Waals surface area contributed by atoms with Gasteiger partial charge in [-0.25, -0.2) is 18.6 Å². The highest BCUT2D eigenvalue weighted by atomic mass is 35.7. The van der Waals surface area contributed by atoms with Gasteiger partial charge in [0.1, 0.15) is 6.54 Å². The largest absolute Gasteiger partial charge is 0.288 e. The van der Waals surface area contributed by atoms with Crippen molar-refractivity contribution in [2.75, 3.05) is 11.4 Å². The van der Waals surface area contributed by atoms with E-state index in [1.54, 1.807) is 11.8 Å². The molecule has 0 radical (unpaired) electrons. The van der Waals surface area contributed by atoms with Gasteiger partial charge in [-0.3, -0.25) is 9.69 Å². The highest BCUT2D eigenvalue weighted by Crippen LogP contribution is 2.44. The Morgan fingerprint density at radius 3 is 2.21 bits per heavy atom. The number of nitrogens with zero attached hydrogens (tertiary/aromatic N) is 2. The molecule has 1 heterocycles. The van der Waals surface area contributed by atoms with Crippen LogP contribution in [-0.2, 0) is 10.2 Å². The summed E-state index contributed by atoms with van der Waals surface area (Å²) < 4.78 is 36.5. The molecule has 0 saturated carbocycles. The van der Waals surface area contributed by atoms with E-state index in [0.717, 1.165) is 25.1 Å². The molecule has 7 nitrogen and oxygen atoms in total. The van der Waals surface area contributed by atoms with Crippen LogP contribution in [0.15, 0.2) is 91.2 Å². The van der Waals surface area contributed by atoms with E-state index in [9.17, 15) is 4.79 Å². The first-order valence-corrected chi connectivity index (χ1v) is 13.7. The van der Waals surface area contributed by atoms with Crippen LogP contribution in [0.2, 0.25) is 0 Å². The van der Waals surface area contributed by atoms with Crippen LogP contribution in [-0.4, -0.2) is 22.7 Å². The molecule has 38 heavy (non-hydrogen) atoms. The van der Waals surface area contributed by atoms with E-state index in [1.807, 2.05) is 42.6 Å². The summed E-state index contributed by atoms with van der Waals surface area (Å²) in [5.41, 5.74) is 4.75. The Bertz CT molecular complexity index is 1350. The Hall–Kier alpha value is -3.33. The molecule has 1 aliphatic heterocycles. The third kappa shape index (κ3) is 7.16. The number of fused-ring (bicyclic) bond motifs is 3. The van der Waals surface area contributed by atoms with E-state index >= 15 is 0 Å². The van der Waals surface area contributed by atoms with Gasteiger partial charge < -0.3 is 0 Å². The van der Waals surface area contributed by atoms with Crippen molar-refractivity contribution < 1.29 is 38.2 Å². The number of rotatable bonds is 7. The lowest BCUT2D eigenvalue weighted by atomic mass is 9.79. The zero-order chi connectivity index (χ0) is 27.9. The van der Waals surface area contributed by atoms with E-state index in [-0.39, 0.29) is 11.3 Å². The predicted octanol–water partition coefficient (Wildman–Crippen LogP) is 2.38. The van der Waals surface area contributed by atoms with Crippen LogP contribution >= 0.6 is 0 Å². The molecule has 0 aliphatic carbocycles. The monoisotopic (exact) mass is 536 g/mol. The summed E-state index contributed by atoms with van der Waals surface area (Å²) in [6.07, 6.45) is 10.4. The van der Waals surface area contributed by atoms with E-state index < -0.39 is 10.2 Å². The number of carbonyl (C=O) groups is 1. The molecular formula is C30H33ClN2O5. The van der Waals surface area contributed by atoms with Crippen LogP contribution in [0.1, 0.15) is 46.1 Å². The Morgan fingerprint density at radius 2 is 1.58 bits per heavy atom. The molecule has 0 bridgehead atoms. The Balaban J connectivity index is 0.000000732. The zero-order valence-corrected chi connectivity index (χ0v) is 22.9. The summed E-state index contributed by atoms with van der Waals surface area (Å²) in [4.78, 5) is 13.9. The molecule has 0 N–H and O–H groups in total. The fourth-order valence-electron chi connectivity index (χ4n) is 4.84. The summed E-state index contributed by atoms with van der Waals surface area (Å²) >= 11 is 0. The van der Waals surface area contributed by atoms with Gasteiger partial charge in [-0.15, -0.1) is 10.2 Å². The standard InChI is InChI=1S/C30H33N2O.ClHO4/c1-5-6-21-32-27-20-19-24-14-10-11-17-26(24)29(27)30(3,4)28(32)18-12-13-22-31(23(2)33)25-15-8-7-9-16-25;2-1(3,4)5/h7-20,22H,5-6,21H2,1-4H3;(H,2,3,4,5)/q+1;/p-1. The minimum Gasteiger partial charge on any atom is -0.288 e. The molecule has 0 atom stereocenters. The minimum absolute atomic E-state index is 0.0110. The first-order valence-electron chi connectivity index (χ1n) is 12.4. The second-order valence-electron chi connectivity index (χ2n) is 9.50. The van der Waals surface area contributed by atoms with Crippen molar-refractivity contribution in [1.29, 1.82) is 0 Å². The van der Waals surface area contributed by atoms with Gasteiger partial charge >= 0.3 is 0 Å². The van der Waals surface area contributed by atoms with Crippen molar-refractivity contribution in [2.45, 2.75) is 46.0 Å². The summed E-state index contributed by atoms with van der Waals surface area (Å²) in [7, 11) is -4.94. The number of para-hydroxylation sites is 1. The summed E-state index contributed by atoms with van der Waals surface area (Å²) in [5.74, 6) is -0.0110. The highest BCUT2D eigenvalue weighted by molar-refractivity contribution is 6.07. The Morgan fingerprint density at radius 1 is 0.947 bits per heavy atom. The minimum atomic E-state index is -4.94. The lowest BCUT2D eigenvalue weighted by molar-refractivity contribution is -2.00. The molecule has 0 spiro atoms. The number of amides is 1. The van der Waals surface area contributed by atoms with Crippen LogP contribution < -0.4 is 23.5 Å². The van der Waals surface area contributed by atoms with Gasteiger partial charge in [0, 0.05) is 42.9 Å². The van der Waals surface area contributed by atoms with Crippen LogP contribution in [0.25, 0.3) is 10.8 Å². The summed E-state index contributed by atoms with van der Waals surface area (Å²) in [6, 6.07) is 22.9. The van der Waals surface area contributed by atoms with Crippen molar-refractivity contribution in [3.05, 3.63) is 96.7 Å². The maximum atomic E-state index is 12.2. The molecule has 200 valence electrons. The number of halogens is 1. The Labute approximate surface area is 226 Å². The molecule has 8 heteroatoms. The molecule has 4 rings (SSSR count). The van der Waals surface area contributed by atoms with Gasteiger partial charge in [-0.05, 0) is 48.9 Å². The molecule has 0 aromatic heterocycles. The van der Waals surface area contributed by atoms with Gasteiger partial charge in [-0.2, -0.15) is 4.58 Å². The van der Waals surface area contributed by atoms with Gasteiger partial charge in [0.05, 0.1) is 5.41 Å². The maximum absolute atomic E-state index is 12.2. The molecule has 0 saturated heterocycles. The van der Waals surface area contributed by atoms with Gasteiger partial charge in [0.25, 0.3) is 0 Å². The number of hydrogen-bond acceptors (Lipinski definition) is 5. The van der Waals surface area contributed by atoms with Crippen molar-refractivity contribution in [3.8, 4) is 0 Å². The van der Waals surface area contributed by atoms with E-state index in [0.29, 0.717) is 0 Å². The third-order valence-corrected chi connectivity index (χ3v) is 6.46. The first kappa shape index (κ1) is 29.2. The molecule has 1 aliphatic rings. The van der Waals surface area contributed by atoms with Crippen molar-refractivity contribution in [3.63, 3.8) is 0 Å². The molecule has 1 amide bonds. The average Bonchev–Trinajstić information content (AvgIpc) is 3.08. The number of allylic oxidation sites excluding steroid dienone is 3. The molecule has 0 unspecified atom stereocenters.